The summed E-state index contributed by atoms with van der Waals surface area (Å²) in [6.45, 7) is 0. The van der Waals surface area contributed by atoms with Gasteiger partial charge in [0.15, 0.2) is 8.07 Å². The van der Waals surface area contributed by atoms with Crippen LogP contribution in [0.3, 0.4) is 0 Å². The minimum absolute atomic E-state index is 0.272. The van der Waals surface area contributed by atoms with E-state index in [4.69, 9.17) is 4.74 Å². The quantitative estimate of drug-likeness (QED) is 0.503. The molecule has 3 heteroatoms. The summed E-state index contributed by atoms with van der Waals surface area (Å²) in [5.74, 6) is 0. The van der Waals surface area contributed by atoms with Crippen LogP contribution in [0.2, 0.25) is 16.6 Å². The molecule has 4 saturated carbocycles. The van der Waals surface area contributed by atoms with Crippen molar-refractivity contribution in [3.05, 3.63) is 0 Å². The Morgan fingerprint density at radius 3 is 1.29 bits per heavy atom. The zero-order valence-corrected chi connectivity index (χ0v) is 16.4. The summed E-state index contributed by atoms with van der Waals surface area (Å²) in [7, 11) is -2.03. The van der Waals surface area contributed by atoms with Gasteiger partial charge in [-0.2, -0.15) is 0 Å². The molecule has 0 unspecified atom stereocenters. The number of hydrogen-bond acceptors (Lipinski definition) is 2. The van der Waals surface area contributed by atoms with Crippen LogP contribution in [0.5, 0.6) is 0 Å². The summed E-state index contributed by atoms with van der Waals surface area (Å²) in [6, 6.07) is 0. The van der Waals surface area contributed by atoms with Crippen LogP contribution in [0.25, 0.3) is 0 Å². The van der Waals surface area contributed by atoms with E-state index >= 15 is 0 Å². The maximum atomic E-state index is 13.8. The zero-order chi connectivity index (χ0) is 16.4. The van der Waals surface area contributed by atoms with Crippen molar-refractivity contribution in [1.29, 1.82) is 0 Å². The first-order valence-corrected chi connectivity index (χ1v) is 13.3. The highest BCUT2D eigenvalue weighted by Crippen LogP contribution is 2.59. The van der Waals surface area contributed by atoms with Crippen LogP contribution in [0.1, 0.15) is 103 Å². The Morgan fingerprint density at radius 2 is 0.917 bits per heavy atom. The third kappa shape index (κ3) is 2.99. The minimum atomic E-state index is -2.03. The molecular formula is C21H36O2Si. The van der Waals surface area contributed by atoms with Crippen molar-refractivity contribution in [2.75, 3.05) is 0 Å². The Morgan fingerprint density at radius 1 is 0.583 bits per heavy atom. The van der Waals surface area contributed by atoms with E-state index in [0.29, 0.717) is 5.59 Å². The zero-order valence-electron chi connectivity index (χ0n) is 15.4. The Bertz CT molecular complexity index is 384. The average Bonchev–Trinajstić information content (AvgIpc) is 3.38. The number of carbonyl (C=O) groups excluding carboxylic acids is 1. The molecule has 0 bridgehead atoms. The van der Waals surface area contributed by atoms with Gasteiger partial charge in [0.05, 0.1) is 0 Å². The number of rotatable bonds is 5. The van der Waals surface area contributed by atoms with Crippen LogP contribution in [0, 0.1) is 0 Å². The third-order valence-corrected chi connectivity index (χ3v) is 14.6. The molecule has 0 aliphatic heterocycles. The maximum absolute atomic E-state index is 13.8. The van der Waals surface area contributed by atoms with Crippen molar-refractivity contribution in [1.82, 2.24) is 0 Å². The molecule has 0 spiro atoms. The largest absolute Gasteiger partial charge is 0.467 e. The van der Waals surface area contributed by atoms with Gasteiger partial charge in [0.25, 0.3) is 5.59 Å². The molecule has 24 heavy (non-hydrogen) atoms. The van der Waals surface area contributed by atoms with Gasteiger partial charge in [-0.25, -0.2) is 0 Å². The normalized spacial score (nSPS) is 28.2. The van der Waals surface area contributed by atoms with Crippen LogP contribution < -0.4 is 0 Å². The summed E-state index contributed by atoms with van der Waals surface area (Å²) in [5.41, 5.74) is 2.69. The van der Waals surface area contributed by atoms with Crippen molar-refractivity contribution in [2.24, 2.45) is 0 Å². The lowest BCUT2D eigenvalue weighted by molar-refractivity contribution is 0.120. The number of hydrogen-bond donors (Lipinski definition) is 0. The van der Waals surface area contributed by atoms with Crippen molar-refractivity contribution < 1.29 is 9.53 Å². The Hall–Kier alpha value is -0.313. The molecule has 0 N–H and O–H groups in total. The first-order chi connectivity index (χ1) is 11.8. The van der Waals surface area contributed by atoms with Gasteiger partial charge in [0, 0.05) is 0 Å². The topological polar surface area (TPSA) is 26.3 Å². The highest BCUT2D eigenvalue weighted by Gasteiger charge is 2.61. The monoisotopic (exact) mass is 348 g/mol. The minimum Gasteiger partial charge on any atom is -0.467 e. The van der Waals surface area contributed by atoms with Crippen molar-refractivity contribution >= 4 is 13.7 Å². The highest BCUT2D eigenvalue weighted by molar-refractivity contribution is 7.07. The molecule has 4 aliphatic carbocycles. The second-order valence-electron chi connectivity index (χ2n) is 9.19. The molecule has 0 atom stereocenters. The molecule has 0 saturated heterocycles. The summed E-state index contributed by atoms with van der Waals surface area (Å²) in [6.07, 6.45) is 21.4. The predicted molar refractivity (Wildman–Crippen MR) is 101 cm³/mol. The second-order valence-corrected chi connectivity index (χ2v) is 13.9. The lowest BCUT2D eigenvalue weighted by Crippen LogP contribution is -2.56. The van der Waals surface area contributed by atoms with Crippen LogP contribution >= 0.6 is 0 Å². The van der Waals surface area contributed by atoms with Gasteiger partial charge < -0.3 is 4.74 Å². The lowest BCUT2D eigenvalue weighted by atomic mass is 10.3. The smallest absolute Gasteiger partial charge is 0.273 e. The van der Waals surface area contributed by atoms with Crippen LogP contribution in [-0.2, 0) is 4.74 Å². The third-order valence-electron chi connectivity index (χ3n) is 8.02. The fourth-order valence-electron chi connectivity index (χ4n) is 6.97. The van der Waals surface area contributed by atoms with E-state index in [2.05, 4.69) is 0 Å². The first kappa shape index (κ1) is 17.1. The van der Waals surface area contributed by atoms with Crippen molar-refractivity contribution in [3.8, 4) is 0 Å². The van der Waals surface area contributed by atoms with Gasteiger partial charge >= 0.3 is 0 Å². The highest BCUT2D eigenvalue weighted by atomic mass is 28.3. The molecule has 0 heterocycles. The fourth-order valence-corrected chi connectivity index (χ4v) is 14.4. The summed E-state index contributed by atoms with van der Waals surface area (Å²) >= 11 is 0. The van der Waals surface area contributed by atoms with E-state index < -0.39 is 8.07 Å². The van der Waals surface area contributed by atoms with Crippen molar-refractivity contribution in [3.63, 3.8) is 0 Å². The van der Waals surface area contributed by atoms with E-state index in [-0.39, 0.29) is 6.10 Å². The van der Waals surface area contributed by atoms with Crippen LogP contribution in [-0.4, -0.2) is 19.8 Å². The van der Waals surface area contributed by atoms with Gasteiger partial charge in [-0.3, -0.25) is 4.79 Å². The molecule has 0 aromatic heterocycles. The molecular weight excluding hydrogens is 312 g/mol. The molecule has 0 aromatic rings. The maximum Gasteiger partial charge on any atom is 0.273 e. The van der Waals surface area contributed by atoms with E-state index in [9.17, 15) is 4.79 Å². The molecule has 2 nitrogen and oxygen atoms in total. The second kappa shape index (κ2) is 7.51. The lowest BCUT2D eigenvalue weighted by Gasteiger charge is -2.44. The van der Waals surface area contributed by atoms with Gasteiger partial charge in [-0.1, -0.05) is 77.0 Å². The van der Waals surface area contributed by atoms with E-state index in [1.807, 2.05) is 0 Å². The average molecular weight is 349 g/mol. The molecule has 136 valence electrons. The Kier molecular flexibility index (Phi) is 5.36. The standard InChI is InChI=1S/C21H36O2Si/c22-21(23-17-9-1-2-10-17)24(18-11-3-4-12-18,19-13-5-6-14-19)20-15-7-8-16-20/h17-20H,1-16H2. The van der Waals surface area contributed by atoms with Gasteiger partial charge in [-0.05, 0) is 42.3 Å². The van der Waals surface area contributed by atoms with Crippen LogP contribution in [0.15, 0.2) is 0 Å². The van der Waals surface area contributed by atoms with E-state index in [0.717, 1.165) is 29.5 Å². The van der Waals surface area contributed by atoms with E-state index in [1.165, 1.54) is 89.9 Å². The Balaban J connectivity index is 1.65. The molecule has 0 aromatic carbocycles. The summed E-state index contributed by atoms with van der Waals surface area (Å²) in [4.78, 5) is 13.8. The molecule has 0 radical (unpaired) electrons. The molecule has 4 rings (SSSR count). The summed E-state index contributed by atoms with van der Waals surface area (Å²) in [5, 5.41) is 0. The molecule has 4 fully saturated rings. The van der Waals surface area contributed by atoms with E-state index in [1.54, 1.807) is 0 Å². The molecule has 0 amide bonds. The van der Waals surface area contributed by atoms with Crippen molar-refractivity contribution in [2.45, 2.75) is 125 Å². The number of ether oxygens (including phenoxy) is 1. The fraction of sp³-hybridized carbons (Fsp3) is 0.952. The number of carbonyl (C=O) groups is 1. The van der Waals surface area contributed by atoms with Gasteiger partial charge in [-0.15, -0.1) is 0 Å². The molecule has 4 aliphatic rings. The summed E-state index contributed by atoms with van der Waals surface area (Å²) < 4.78 is 6.34. The SMILES string of the molecule is O=C(OC1CCCC1)[Si](C1CCCC1)(C1CCCC1)C1CCCC1. The first-order valence-electron chi connectivity index (χ1n) is 11.0. The van der Waals surface area contributed by atoms with Gasteiger partial charge in [0.1, 0.15) is 6.10 Å². The predicted octanol–water partition coefficient (Wildman–Crippen LogP) is 6.93. The van der Waals surface area contributed by atoms with Crippen LogP contribution in [0.4, 0.5) is 4.79 Å². The Labute approximate surface area is 149 Å². The van der Waals surface area contributed by atoms with Gasteiger partial charge in [0.2, 0.25) is 0 Å².